The molecule has 0 aromatic rings. The largest absolute Gasteiger partial charge is 0.352 e. The average Bonchev–Trinajstić information content (AvgIpc) is 2.82. The number of nitrogens with zero attached hydrogens (tertiary/aromatic N) is 2. The minimum absolute atomic E-state index is 0.0986. The molecule has 2 rings (SSSR count). The molecule has 2 N–H and O–H groups in total. The van der Waals surface area contributed by atoms with Gasteiger partial charge in [0, 0.05) is 52.2 Å². The predicted molar refractivity (Wildman–Crippen MR) is 72.8 cm³/mol. The van der Waals surface area contributed by atoms with Gasteiger partial charge < -0.3 is 20.4 Å². The lowest BCUT2D eigenvalue weighted by atomic mass is 10.0. The van der Waals surface area contributed by atoms with Crippen molar-refractivity contribution < 1.29 is 9.59 Å². The molecule has 2 heterocycles. The van der Waals surface area contributed by atoms with E-state index in [-0.39, 0.29) is 18.0 Å². The third-order valence-corrected chi connectivity index (χ3v) is 3.89. The Kier molecular flexibility index (Phi) is 4.63. The number of carbonyl (C=O) groups excluding carboxylic acids is 2. The molecule has 6 heteroatoms. The fourth-order valence-electron chi connectivity index (χ4n) is 2.70. The summed E-state index contributed by atoms with van der Waals surface area (Å²) < 4.78 is 0. The molecular weight excluding hydrogens is 244 g/mol. The first kappa shape index (κ1) is 14.1. The van der Waals surface area contributed by atoms with Gasteiger partial charge in [-0.15, -0.1) is 0 Å². The van der Waals surface area contributed by atoms with Crippen LogP contribution in [0.25, 0.3) is 0 Å². The Bertz CT molecular complexity index is 338. The van der Waals surface area contributed by atoms with Gasteiger partial charge in [0.2, 0.25) is 5.91 Å². The molecular formula is C13H24N4O2. The second-order valence-electron chi connectivity index (χ2n) is 5.65. The minimum atomic E-state index is 0.0986. The predicted octanol–water partition coefficient (Wildman–Crippen LogP) is 0.000600. The van der Waals surface area contributed by atoms with Crippen LogP contribution < -0.4 is 10.6 Å². The first-order chi connectivity index (χ1) is 9.06. The highest BCUT2D eigenvalue weighted by molar-refractivity contribution is 5.78. The summed E-state index contributed by atoms with van der Waals surface area (Å²) in [5.41, 5.74) is 0. The summed E-state index contributed by atoms with van der Waals surface area (Å²) in [6.07, 6.45) is 3.56. The molecule has 6 nitrogen and oxygen atoms in total. The Morgan fingerprint density at radius 2 is 2.05 bits per heavy atom. The highest BCUT2D eigenvalue weighted by Crippen LogP contribution is 2.12. The summed E-state index contributed by atoms with van der Waals surface area (Å²) >= 11 is 0. The van der Waals surface area contributed by atoms with Crippen LogP contribution in [-0.2, 0) is 4.79 Å². The Balaban J connectivity index is 1.66. The molecule has 1 atom stereocenters. The van der Waals surface area contributed by atoms with Gasteiger partial charge in [-0.1, -0.05) is 0 Å². The van der Waals surface area contributed by atoms with Gasteiger partial charge in [-0.2, -0.15) is 0 Å². The lowest BCUT2D eigenvalue weighted by molar-refractivity contribution is -0.119. The van der Waals surface area contributed by atoms with Gasteiger partial charge in [-0.05, 0) is 19.3 Å². The van der Waals surface area contributed by atoms with Gasteiger partial charge in [-0.3, -0.25) is 4.79 Å². The van der Waals surface area contributed by atoms with Crippen LogP contribution in [0.5, 0.6) is 0 Å². The lowest BCUT2D eigenvalue weighted by Gasteiger charge is -2.34. The van der Waals surface area contributed by atoms with E-state index in [1.54, 1.807) is 19.0 Å². The van der Waals surface area contributed by atoms with Gasteiger partial charge in [-0.25, -0.2) is 4.79 Å². The summed E-state index contributed by atoms with van der Waals surface area (Å²) in [7, 11) is 3.57. The molecule has 2 saturated heterocycles. The van der Waals surface area contributed by atoms with Crippen molar-refractivity contribution in [3.8, 4) is 0 Å². The topological polar surface area (TPSA) is 64.7 Å². The number of hydrogen-bond donors (Lipinski definition) is 2. The number of urea groups is 1. The average molecular weight is 268 g/mol. The molecule has 2 fully saturated rings. The fourth-order valence-corrected chi connectivity index (χ4v) is 2.70. The molecule has 108 valence electrons. The van der Waals surface area contributed by atoms with Gasteiger partial charge in [0.15, 0.2) is 0 Å². The maximum Gasteiger partial charge on any atom is 0.319 e. The highest BCUT2D eigenvalue weighted by atomic mass is 16.2. The molecule has 0 spiro atoms. The number of rotatable bonds is 3. The maximum absolute atomic E-state index is 11.8. The van der Waals surface area contributed by atoms with Crippen LogP contribution in [0.4, 0.5) is 4.79 Å². The number of hydrogen-bond acceptors (Lipinski definition) is 3. The van der Waals surface area contributed by atoms with Crippen LogP contribution in [0.3, 0.4) is 0 Å². The molecule has 2 aliphatic heterocycles. The summed E-state index contributed by atoms with van der Waals surface area (Å²) in [5.74, 6) is 0.165. The lowest BCUT2D eigenvalue weighted by Crippen LogP contribution is -2.49. The first-order valence-electron chi connectivity index (χ1n) is 7.05. The standard InChI is InChI=1S/C13H24N4O2/c1-16(2)13(19)17-7-5-10(6-8-17)14-9-11-3-4-12(18)15-11/h10-11,14H,3-9H2,1-2H3,(H,15,18). The Morgan fingerprint density at radius 1 is 1.37 bits per heavy atom. The fraction of sp³-hybridized carbons (Fsp3) is 0.846. The van der Waals surface area contributed by atoms with E-state index in [1.807, 2.05) is 4.90 Å². The first-order valence-corrected chi connectivity index (χ1v) is 7.05. The zero-order valence-electron chi connectivity index (χ0n) is 11.8. The molecule has 0 bridgehead atoms. The van der Waals surface area contributed by atoms with E-state index in [1.165, 1.54) is 0 Å². The molecule has 0 saturated carbocycles. The van der Waals surface area contributed by atoms with E-state index in [2.05, 4.69) is 10.6 Å². The van der Waals surface area contributed by atoms with Crippen molar-refractivity contribution in [1.82, 2.24) is 20.4 Å². The molecule has 1 unspecified atom stereocenters. The van der Waals surface area contributed by atoms with Crippen molar-refractivity contribution in [2.75, 3.05) is 33.7 Å². The van der Waals surface area contributed by atoms with Crippen LogP contribution >= 0.6 is 0 Å². The van der Waals surface area contributed by atoms with E-state index in [0.717, 1.165) is 38.9 Å². The summed E-state index contributed by atoms with van der Waals surface area (Å²) in [6, 6.07) is 0.846. The van der Waals surface area contributed by atoms with Gasteiger partial charge >= 0.3 is 6.03 Å². The van der Waals surface area contributed by atoms with Crippen molar-refractivity contribution in [3.63, 3.8) is 0 Å². The second kappa shape index (κ2) is 6.23. The van der Waals surface area contributed by atoms with E-state index in [4.69, 9.17) is 0 Å². The molecule has 0 aromatic carbocycles. The molecule has 3 amide bonds. The highest BCUT2D eigenvalue weighted by Gasteiger charge is 2.25. The SMILES string of the molecule is CN(C)C(=O)N1CCC(NCC2CCC(=O)N2)CC1. The molecule has 0 aromatic heterocycles. The Morgan fingerprint density at radius 3 is 2.58 bits per heavy atom. The quantitative estimate of drug-likeness (QED) is 0.757. The molecule has 0 aliphatic carbocycles. The maximum atomic E-state index is 11.8. The molecule has 0 radical (unpaired) electrons. The summed E-state index contributed by atoms with van der Waals surface area (Å²) in [6.45, 7) is 2.47. The Hall–Kier alpha value is -1.30. The monoisotopic (exact) mass is 268 g/mol. The van der Waals surface area contributed by atoms with Crippen LogP contribution in [0.15, 0.2) is 0 Å². The molecule has 19 heavy (non-hydrogen) atoms. The van der Waals surface area contributed by atoms with Crippen molar-refractivity contribution in [1.29, 1.82) is 0 Å². The van der Waals surface area contributed by atoms with Crippen LogP contribution in [0.2, 0.25) is 0 Å². The number of piperidine rings is 1. The van der Waals surface area contributed by atoms with Crippen molar-refractivity contribution in [2.45, 2.75) is 37.8 Å². The zero-order chi connectivity index (χ0) is 13.8. The van der Waals surface area contributed by atoms with E-state index in [9.17, 15) is 9.59 Å². The van der Waals surface area contributed by atoms with Crippen molar-refractivity contribution in [2.24, 2.45) is 0 Å². The zero-order valence-corrected chi connectivity index (χ0v) is 11.8. The van der Waals surface area contributed by atoms with Gasteiger partial charge in [0.25, 0.3) is 0 Å². The number of amides is 3. The van der Waals surface area contributed by atoms with Crippen LogP contribution in [0.1, 0.15) is 25.7 Å². The van der Waals surface area contributed by atoms with Crippen LogP contribution in [-0.4, -0.2) is 67.6 Å². The number of likely N-dealkylation sites (tertiary alicyclic amines) is 1. The van der Waals surface area contributed by atoms with E-state index < -0.39 is 0 Å². The van der Waals surface area contributed by atoms with E-state index in [0.29, 0.717) is 12.5 Å². The second-order valence-corrected chi connectivity index (χ2v) is 5.65. The smallest absolute Gasteiger partial charge is 0.319 e. The third-order valence-electron chi connectivity index (χ3n) is 3.89. The van der Waals surface area contributed by atoms with Gasteiger partial charge in [0.1, 0.15) is 0 Å². The molecule has 2 aliphatic rings. The number of carbonyl (C=O) groups is 2. The number of nitrogens with one attached hydrogen (secondary N) is 2. The van der Waals surface area contributed by atoms with Crippen molar-refractivity contribution >= 4 is 11.9 Å². The minimum Gasteiger partial charge on any atom is -0.352 e. The van der Waals surface area contributed by atoms with Crippen LogP contribution in [0, 0.1) is 0 Å². The summed E-state index contributed by atoms with van der Waals surface area (Å²) in [5, 5.41) is 6.47. The van der Waals surface area contributed by atoms with E-state index >= 15 is 0 Å². The Labute approximate surface area is 114 Å². The normalized spacial score (nSPS) is 24.4. The van der Waals surface area contributed by atoms with Crippen molar-refractivity contribution in [3.05, 3.63) is 0 Å². The summed E-state index contributed by atoms with van der Waals surface area (Å²) in [4.78, 5) is 26.4. The van der Waals surface area contributed by atoms with Gasteiger partial charge in [0.05, 0.1) is 0 Å². The third kappa shape index (κ3) is 3.83.